The molecule has 0 radical (unpaired) electrons. The number of fused-ring (bicyclic) bond motifs is 2. The number of hydrogen-bond acceptors (Lipinski definition) is 4. The second kappa shape index (κ2) is 9.87. The van der Waals surface area contributed by atoms with Crippen LogP contribution >= 0.6 is 0 Å². The lowest BCUT2D eigenvalue weighted by atomic mass is 9.79. The lowest BCUT2D eigenvalue weighted by Gasteiger charge is -2.41. The number of rotatable bonds is 7. The van der Waals surface area contributed by atoms with Gasteiger partial charge in [-0.2, -0.15) is 0 Å². The van der Waals surface area contributed by atoms with Crippen molar-refractivity contribution < 1.29 is 19.1 Å². The molecule has 2 amide bonds. The average Bonchev–Trinajstić information content (AvgIpc) is 3.24. The van der Waals surface area contributed by atoms with E-state index in [4.69, 9.17) is 9.47 Å². The minimum atomic E-state index is -0.632. The van der Waals surface area contributed by atoms with E-state index >= 15 is 0 Å². The topological polar surface area (TPSA) is 72.8 Å². The van der Waals surface area contributed by atoms with Crippen LogP contribution in [0.25, 0.3) is 10.9 Å². The van der Waals surface area contributed by atoms with E-state index in [0.717, 1.165) is 22.0 Å². The molecule has 1 aromatic heterocycles. The van der Waals surface area contributed by atoms with Gasteiger partial charge in [0.15, 0.2) is 0 Å². The van der Waals surface area contributed by atoms with Crippen LogP contribution in [0.5, 0.6) is 5.75 Å². The van der Waals surface area contributed by atoms with Crippen LogP contribution in [0.15, 0.2) is 79.0 Å². The number of aryl methyl sites for hydroxylation is 1. The smallest absolute Gasteiger partial charge is 0.254 e. The van der Waals surface area contributed by atoms with E-state index < -0.39 is 12.0 Å². The van der Waals surface area contributed by atoms with Crippen molar-refractivity contribution in [1.82, 2.24) is 9.47 Å². The van der Waals surface area contributed by atoms with E-state index in [1.807, 2.05) is 78.5 Å². The highest BCUT2D eigenvalue weighted by Crippen LogP contribution is 2.45. The summed E-state index contributed by atoms with van der Waals surface area (Å²) in [5.41, 5.74) is 3.86. The van der Waals surface area contributed by atoms with E-state index in [-0.39, 0.29) is 11.8 Å². The second-order valence-corrected chi connectivity index (χ2v) is 8.93. The van der Waals surface area contributed by atoms with Gasteiger partial charge in [-0.3, -0.25) is 9.59 Å². The Morgan fingerprint density at radius 2 is 1.75 bits per heavy atom. The number of ether oxygens (including phenoxy) is 2. The molecule has 1 N–H and O–H groups in total. The van der Waals surface area contributed by atoms with Gasteiger partial charge in [0.05, 0.1) is 25.7 Å². The molecule has 0 unspecified atom stereocenters. The Labute approximate surface area is 210 Å². The molecule has 2 atom stereocenters. The standard InChI is InChI=1S/C29H29N3O4/c1-31-18-24(21-11-6-7-14-25(21)31)27-26(28(33)30-19-9-8-10-20(17-19)36-3)22-12-4-5-13-23(22)29(34)32(27)15-16-35-2/h4-14,17-18,26-27H,15-16H2,1-3H3,(H,30,33)/t26-,27-/m1/s1. The highest BCUT2D eigenvalue weighted by Gasteiger charge is 2.45. The van der Waals surface area contributed by atoms with Crippen molar-refractivity contribution in [3.05, 3.63) is 95.7 Å². The zero-order chi connectivity index (χ0) is 25.2. The molecule has 1 aliphatic heterocycles. The molecule has 184 valence electrons. The van der Waals surface area contributed by atoms with Crippen LogP contribution in [0.4, 0.5) is 5.69 Å². The average molecular weight is 484 g/mol. The normalized spacial score (nSPS) is 17.2. The molecule has 0 saturated heterocycles. The van der Waals surface area contributed by atoms with E-state index in [9.17, 15) is 9.59 Å². The summed E-state index contributed by atoms with van der Waals surface area (Å²) in [7, 11) is 5.19. The number of nitrogens with one attached hydrogen (secondary N) is 1. The largest absolute Gasteiger partial charge is 0.497 e. The molecule has 1 aliphatic rings. The van der Waals surface area contributed by atoms with Gasteiger partial charge in [-0.15, -0.1) is 0 Å². The van der Waals surface area contributed by atoms with Gasteiger partial charge in [0.2, 0.25) is 5.91 Å². The first-order chi connectivity index (χ1) is 17.5. The number of aromatic nitrogens is 1. The van der Waals surface area contributed by atoms with E-state index in [0.29, 0.717) is 30.2 Å². The van der Waals surface area contributed by atoms with Crippen LogP contribution in [0.1, 0.15) is 33.4 Å². The van der Waals surface area contributed by atoms with E-state index in [2.05, 4.69) is 5.32 Å². The summed E-state index contributed by atoms with van der Waals surface area (Å²) in [6, 6.07) is 22.2. The molecule has 2 heterocycles. The van der Waals surface area contributed by atoms with E-state index in [1.54, 1.807) is 31.3 Å². The van der Waals surface area contributed by atoms with Crippen molar-refractivity contribution in [3.63, 3.8) is 0 Å². The number of anilines is 1. The fourth-order valence-corrected chi connectivity index (χ4v) is 5.19. The first-order valence-electron chi connectivity index (χ1n) is 11.9. The Balaban J connectivity index is 1.68. The Kier molecular flexibility index (Phi) is 6.48. The molecule has 5 rings (SSSR count). The quantitative estimate of drug-likeness (QED) is 0.412. The second-order valence-electron chi connectivity index (χ2n) is 8.93. The minimum absolute atomic E-state index is 0.106. The molecule has 0 saturated carbocycles. The number of amides is 2. The molecule has 3 aromatic carbocycles. The van der Waals surface area contributed by atoms with Crippen molar-refractivity contribution in [2.75, 3.05) is 32.7 Å². The van der Waals surface area contributed by atoms with Gasteiger partial charge in [0.25, 0.3) is 5.91 Å². The van der Waals surface area contributed by atoms with Crippen LogP contribution in [0.2, 0.25) is 0 Å². The van der Waals surface area contributed by atoms with Crippen LogP contribution in [-0.4, -0.2) is 48.7 Å². The molecule has 4 aromatic rings. The number of carbonyl (C=O) groups is 2. The summed E-state index contributed by atoms with van der Waals surface area (Å²) < 4.78 is 12.7. The number of para-hydroxylation sites is 1. The van der Waals surface area contributed by atoms with Crippen molar-refractivity contribution in [1.29, 1.82) is 0 Å². The van der Waals surface area contributed by atoms with Crippen molar-refractivity contribution in [2.45, 2.75) is 12.0 Å². The molecule has 0 bridgehead atoms. The maximum Gasteiger partial charge on any atom is 0.254 e. The van der Waals surface area contributed by atoms with Gasteiger partial charge < -0.3 is 24.3 Å². The predicted octanol–water partition coefficient (Wildman–Crippen LogP) is 4.75. The van der Waals surface area contributed by atoms with Crippen LogP contribution in [-0.2, 0) is 16.6 Å². The highest BCUT2D eigenvalue weighted by molar-refractivity contribution is 6.05. The highest BCUT2D eigenvalue weighted by atomic mass is 16.5. The maximum atomic E-state index is 14.1. The van der Waals surface area contributed by atoms with Crippen LogP contribution in [0, 0.1) is 0 Å². The molecule has 36 heavy (non-hydrogen) atoms. The van der Waals surface area contributed by atoms with Gasteiger partial charge >= 0.3 is 0 Å². The first-order valence-corrected chi connectivity index (χ1v) is 11.9. The van der Waals surface area contributed by atoms with Crippen LogP contribution in [0.3, 0.4) is 0 Å². The third-order valence-electron chi connectivity index (χ3n) is 6.84. The first kappa shape index (κ1) is 23.6. The lowest BCUT2D eigenvalue weighted by molar-refractivity contribution is -0.119. The predicted molar refractivity (Wildman–Crippen MR) is 139 cm³/mol. The SMILES string of the molecule is COCCN1C(=O)c2ccccc2[C@@H](C(=O)Nc2cccc(OC)c2)[C@H]1c1cn(C)c2ccccc12. The lowest BCUT2D eigenvalue weighted by Crippen LogP contribution is -2.47. The fourth-order valence-electron chi connectivity index (χ4n) is 5.19. The maximum absolute atomic E-state index is 14.1. The summed E-state index contributed by atoms with van der Waals surface area (Å²) in [5.74, 6) is -0.276. The van der Waals surface area contributed by atoms with Crippen molar-refractivity contribution in [2.24, 2.45) is 7.05 Å². The van der Waals surface area contributed by atoms with Gasteiger partial charge in [0.1, 0.15) is 5.75 Å². The van der Waals surface area contributed by atoms with Crippen molar-refractivity contribution >= 4 is 28.4 Å². The van der Waals surface area contributed by atoms with Gasteiger partial charge in [-0.25, -0.2) is 0 Å². The third-order valence-corrected chi connectivity index (χ3v) is 6.84. The van der Waals surface area contributed by atoms with Crippen LogP contribution < -0.4 is 10.1 Å². The zero-order valence-corrected chi connectivity index (χ0v) is 20.6. The van der Waals surface area contributed by atoms with Gasteiger partial charge in [-0.1, -0.05) is 42.5 Å². The van der Waals surface area contributed by atoms with Gasteiger partial charge in [0, 0.05) is 60.7 Å². The van der Waals surface area contributed by atoms with Gasteiger partial charge in [-0.05, 0) is 29.8 Å². The number of hydrogen-bond donors (Lipinski definition) is 1. The summed E-state index contributed by atoms with van der Waals surface area (Å²) in [5, 5.41) is 4.09. The minimum Gasteiger partial charge on any atom is -0.497 e. The number of methoxy groups -OCH3 is 2. The zero-order valence-electron chi connectivity index (χ0n) is 20.6. The van der Waals surface area contributed by atoms with E-state index in [1.165, 1.54) is 0 Å². The molecule has 7 nitrogen and oxygen atoms in total. The summed E-state index contributed by atoms with van der Waals surface area (Å²) in [6.07, 6.45) is 2.03. The number of nitrogens with zero attached hydrogens (tertiary/aromatic N) is 2. The number of benzene rings is 3. The molecule has 7 heteroatoms. The summed E-state index contributed by atoms with van der Waals surface area (Å²) in [4.78, 5) is 29.6. The molecule has 0 fully saturated rings. The monoisotopic (exact) mass is 483 g/mol. The van der Waals surface area contributed by atoms with Crippen molar-refractivity contribution in [3.8, 4) is 5.75 Å². The Bertz CT molecular complexity index is 1430. The molecular formula is C29H29N3O4. The number of carbonyl (C=O) groups excluding carboxylic acids is 2. The fraction of sp³-hybridized carbons (Fsp3) is 0.241. The summed E-state index contributed by atoms with van der Waals surface area (Å²) in [6.45, 7) is 0.722. The Morgan fingerprint density at radius 1 is 0.972 bits per heavy atom. The molecule has 0 aliphatic carbocycles. The Hall–Kier alpha value is -4.10. The third kappa shape index (κ3) is 4.12. The molecule has 0 spiro atoms. The summed E-state index contributed by atoms with van der Waals surface area (Å²) >= 11 is 0. The Morgan fingerprint density at radius 3 is 2.56 bits per heavy atom. The molecular weight excluding hydrogens is 454 g/mol.